The van der Waals surface area contributed by atoms with Gasteiger partial charge in [-0.05, 0) is 55.0 Å². The van der Waals surface area contributed by atoms with E-state index in [0.29, 0.717) is 19.5 Å². The van der Waals surface area contributed by atoms with Crippen molar-refractivity contribution in [1.82, 2.24) is 10.2 Å². The van der Waals surface area contributed by atoms with Gasteiger partial charge in [-0.3, -0.25) is 9.59 Å². The molecule has 5 nitrogen and oxygen atoms in total. The zero-order chi connectivity index (χ0) is 24.6. The Kier molecular flexibility index (Phi) is 8.19. The molecule has 2 unspecified atom stereocenters. The van der Waals surface area contributed by atoms with E-state index in [-0.39, 0.29) is 23.8 Å². The maximum Gasteiger partial charge on any atom is 0.227 e. The molecule has 1 aliphatic rings. The topological polar surface area (TPSA) is 58.6 Å². The van der Waals surface area contributed by atoms with Gasteiger partial charge in [-0.1, -0.05) is 72.3 Å². The number of carbonyl (C=O) groups is 2. The van der Waals surface area contributed by atoms with Crippen LogP contribution in [0.3, 0.4) is 0 Å². The number of aryl methyl sites for hydroxylation is 1. The number of ether oxygens (including phenoxy) is 1. The first-order chi connectivity index (χ1) is 17.0. The number of amides is 2. The van der Waals surface area contributed by atoms with Gasteiger partial charge < -0.3 is 15.0 Å². The van der Waals surface area contributed by atoms with Gasteiger partial charge in [0, 0.05) is 13.1 Å². The predicted molar refractivity (Wildman–Crippen MR) is 138 cm³/mol. The van der Waals surface area contributed by atoms with E-state index in [0.717, 1.165) is 41.7 Å². The fourth-order valence-electron chi connectivity index (χ4n) is 4.82. The summed E-state index contributed by atoms with van der Waals surface area (Å²) in [5.41, 5.74) is 4.46. The number of hydrogen-bond acceptors (Lipinski definition) is 3. The fourth-order valence-corrected chi connectivity index (χ4v) is 4.82. The molecule has 3 aromatic rings. The molecule has 5 heteroatoms. The van der Waals surface area contributed by atoms with Crippen molar-refractivity contribution >= 4 is 11.8 Å². The molecule has 4 rings (SSSR count). The minimum atomic E-state index is -0.202. The van der Waals surface area contributed by atoms with Crippen molar-refractivity contribution in [2.24, 2.45) is 5.92 Å². The van der Waals surface area contributed by atoms with Crippen molar-refractivity contribution in [3.63, 3.8) is 0 Å². The van der Waals surface area contributed by atoms with Crippen LogP contribution >= 0.6 is 0 Å². The number of hydrogen-bond donors (Lipinski definition) is 1. The van der Waals surface area contributed by atoms with Crippen molar-refractivity contribution in [3.05, 3.63) is 101 Å². The molecule has 1 aliphatic heterocycles. The van der Waals surface area contributed by atoms with Crippen LogP contribution in [-0.4, -0.2) is 36.9 Å². The second-order valence-electron chi connectivity index (χ2n) is 9.30. The van der Waals surface area contributed by atoms with E-state index >= 15 is 0 Å². The highest BCUT2D eigenvalue weighted by atomic mass is 16.5. The van der Waals surface area contributed by atoms with E-state index in [4.69, 9.17) is 4.74 Å². The zero-order valence-electron chi connectivity index (χ0n) is 20.6. The summed E-state index contributed by atoms with van der Waals surface area (Å²) < 4.78 is 5.20. The van der Waals surface area contributed by atoms with Crippen molar-refractivity contribution in [2.45, 2.75) is 38.6 Å². The summed E-state index contributed by atoms with van der Waals surface area (Å²) in [5.74, 6) is 0.715. The van der Waals surface area contributed by atoms with Crippen LogP contribution in [0, 0.1) is 12.8 Å². The predicted octanol–water partition coefficient (Wildman–Crippen LogP) is 4.88. The molecule has 0 aromatic heterocycles. The van der Waals surface area contributed by atoms with Gasteiger partial charge in [0.2, 0.25) is 11.8 Å². The number of piperidine rings is 1. The number of nitrogens with zero attached hydrogens (tertiary/aromatic N) is 1. The third kappa shape index (κ3) is 6.50. The average Bonchev–Trinajstić information content (AvgIpc) is 2.89. The number of nitrogens with one attached hydrogen (secondary N) is 1. The third-order valence-corrected chi connectivity index (χ3v) is 6.77. The maximum absolute atomic E-state index is 13.4. The lowest BCUT2D eigenvalue weighted by Crippen LogP contribution is -2.47. The number of likely N-dealkylation sites (tertiary alicyclic amines) is 1. The van der Waals surface area contributed by atoms with Crippen molar-refractivity contribution in [3.8, 4) is 5.75 Å². The van der Waals surface area contributed by atoms with E-state index in [1.165, 1.54) is 5.56 Å². The lowest BCUT2D eigenvalue weighted by molar-refractivity contribution is -0.138. The Balaban J connectivity index is 1.41. The third-order valence-electron chi connectivity index (χ3n) is 6.77. The molecule has 0 spiro atoms. The fraction of sp³-hybridized carbons (Fsp3) is 0.333. The van der Waals surface area contributed by atoms with E-state index < -0.39 is 0 Å². The molecule has 2 amide bonds. The van der Waals surface area contributed by atoms with Gasteiger partial charge in [0.05, 0.1) is 25.5 Å². The Morgan fingerprint density at radius 1 is 0.943 bits per heavy atom. The summed E-state index contributed by atoms with van der Waals surface area (Å²) in [6.45, 7) is 3.08. The van der Waals surface area contributed by atoms with E-state index in [2.05, 4.69) is 30.4 Å². The highest BCUT2D eigenvalue weighted by molar-refractivity contribution is 5.82. The van der Waals surface area contributed by atoms with Crippen molar-refractivity contribution in [1.29, 1.82) is 0 Å². The Morgan fingerprint density at radius 2 is 1.71 bits per heavy atom. The molecule has 1 N–H and O–H groups in total. The lowest BCUT2D eigenvalue weighted by atomic mass is 9.87. The second-order valence-corrected chi connectivity index (χ2v) is 9.30. The monoisotopic (exact) mass is 470 g/mol. The molecule has 182 valence electrons. The van der Waals surface area contributed by atoms with Gasteiger partial charge in [-0.15, -0.1) is 0 Å². The smallest absolute Gasteiger partial charge is 0.227 e. The lowest BCUT2D eigenvalue weighted by Gasteiger charge is -2.40. The number of rotatable bonds is 8. The van der Waals surface area contributed by atoms with E-state index in [1.54, 1.807) is 7.11 Å². The molecular weight excluding hydrogens is 436 g/mol. The molecule has 2 atom stereocenters. The molecule has 1 saturated heterocycles. The summed E-state index contributed by atoms with van der Waals surface area (Å²) in [6, 6.07) is 26.1. The number of methoxy groups -OCH3 is 1. The summed E-state index contributed by atoms with van der Waals surface area (Å²) in [5, 5.41) is 3.09. The van der Waals surface area contributed by atoms with Gasteiger partial charge >= 0.3 is 0 Å². The first-order valence-electron chi connectivity index (χ1n) is 12.3. The van der Waals surface area contributed by atoms with Crippen LogP contribution in [0.4, 0.5) is 0 Å². The molecule has 0 saturated carbocycles. The van der Waals surface area contributed by atoms with Gasteiger partial charge in [-0.25, -0.2) is 0 Å². The number of benzene rings is 3. The van der Waals surface area contributed by atoms with Crippen molar-refractivity contribution in [2.75, 3.05) is 20.2 Å². The van der Waals surface area contributed by atoms with Crippen LogP contribution in [0.1, 0.15) is 41.1 Å². The quantitative estimate of drug-likeness (QED) is 0.510. The van der Waals surface area contributed by atoms with Crippen LogP contribution in [0.15, 0.2) is 78.9 Å². The maximum atomic E-state index is 13.4. The van der Waals surface area contributed by atoms with Crippen LogP contribution in [-0.2, 0) is 22.4 Å². The minimum absolute atomic E-state index is 0.00513. The molecule has 0 radical (unpaired) electrons. The second kappa shape index (κ2) is 11.7. The van der Waals surface area contributed by atoms with Gasteiger partial charge in [0.1, 0.15) is 5.75 Å². The molecule has 0 aliphatic carbocycles. The Labute approximate surface area is 208 Å². The highest BCUT2D eigenvalue weighted by Gasteiger charge is 2.35. The summed E-state index contributed by atoms with van der Waals surface area (Å²) >= 11 is 0. The number of carbonyl (C=O) groups excluding carboxylic acids is 2. The van der Waals surface area contributed by atoms with Gasteiger partial charge in [0.15, 0.2) is 0 Å². The molecule has 1 fully saturated rings. The summed E-state index contributed by atoms with van der Waals surface area (Å²) in [7, 11) is 1.65. The SMILES string of the molecule is COc1ccc(CCNC(=O)C2CCC(c3cccc(C)c3)N(C(=O)Cc3ccccc3)C2)cc1. The molecular formula is C30H34N2O3. The highest BCUT2D eigenvalue weighted by Crippen LogP contribution is 2.34. The van der Waals surface area contributed by atoms with Crippen molar-refractivity contribution < 1.29 is 14.3 Å². The van der Waals surface area contributed by atoms with Crippen LogP contribution in [0.5, 0.6) is 5.75 Å². The van der Waals surface area contributed by atoms with Crippen LogP contribution in [0.25, 0.3) is 0 Å². The molecule has 35 heavy (non-hydrogen) atoms. The Bertz CT molecular complexity index is 1130. The Hall–Kier alpha value is -3.60. The minimum Gasteiger partial charge on any atom is -0.497 e. The average molecular weight is 471 g/mol. The van der Waals surface area contributed by atoms with Gasteiger partial charge in [0.25, 0.3) is 0 Å². The first kappa shape index (κ1) is 24.5. The van der Waals surface area contributed by atoms with E-state index in [1.807, 2.05) is 65.6 Å². The summed E-state index contributed by atoms with van der Waals surface area (Å²) in [4.78, 5) is 28.4. The molecule has 1 heterocycles. The normalized spacial score (nSPS) is 17.6. The first-order valence-corrected chi connectivity index (χ1v) is 12.3. The zero-order valence-corrected chi connectivity index (χ0v) is 20.6. The van der Waals surface area contributed by atoms with Crippen LogP contribution < -0.4 is 10.1 Å². The molecule has 3 aromatic carbocycles. The standard InChI is InChI=1S/C30H34N2O3/c1-22-7-6-10-25(19-22)28-16-13-26(21-32(28)29(33)20-24-8-4-3-5-9-24)30(34)31-18-17-23-11-14-27(35-2)15-12-23/h3-12,14-15,19,26,28H,13,16-18,20-21H2,1-2H3,(H,31,34). The Morgan fingerprint density at radius 3 is 2.43 bits per heavy atom. The largest absolute Gasteiger partial charge is 0.497 e. The van der Waals surface area contributed by atoms with Crippen LogP contribution in [0.2, 0.25) is 0 Å². The van der Waals surface area contributed by atoms with E-state index in [9.17, 15) is 9.59 Å². The summed E-state index contributed by atoms with van der Waals surface area (Å²) in [6.07, 6.45) is 2.64. The molecule has 0 bridgehead atoms. The van der Waals surface area contributed by atoms with Gasteiger partial charge in [-0.2, -0.15) is 0 Å².